The second-order valence-corrected chi connectivity index (χ2v) is 8.75. The van der Waals surface area contributed by atoms with Gasteiger partial charge in [-0.25, -0.2) is 4.98 Å². The number of aryl methyl sites for hydroxylation is 1. The second-order valence-electron chi connectivity index (χ2n) is 7.44. The maximum Gasteiger partial charge on any atom is 0.271 e. The summed E-state index contributed by atoms with van der Waals surface area (Å²) in [5, 5.41) is 13.9. The molecule has 0 unspecified atom stereocenters. The normalized spacial score (nSPS) is 11.8. The molecule has 0 aliphatic heterocycles. The molecule has 1 aromatic heterocycles. The summed E-state index contributed by atoms with van der Waals surface area (Å²) in [5.74, 6) is -0.363. The number of nitro groups is 1. The third-order valence-electron chi connectivity index (χ3n) is 5.01. The van der Waals surface area contributed by atoms with Gasteiger partial charge in [0, 0.05) is 17.8 Å². The first-order valence-electron chi connectivity index (χ1n) is 10.1. The standard InChI is InChI=1S/C24H20N4O4S/c1-15-10-12-18(13-11-15)27-23(30)20-8-3-4-9-21(20)26-24(27)33-16(2)22(29)25-17-6-5-7-19(14-17)28(31)32/h3-14,16H,1-2H3,(H,25,29)/t16-/m1/s1. The van der Waals surface area contributed by atoms with E-state index in [-0.39, 0.29) is 17.2 Å². The van der Waals surface area contributed by atoms with Crippen molar-refractivity contribution >= 4 is 39.9 Å². The number of nitrogens with one attached hydrogen (secondary N) is 1. The van der Waals surface area contributed by atoms with E-state index in [9.17, 15) is 19.7 Å². The van der Waals surface area contributed by atoms with Crippen LogP contribution in [0.3, 0.4) is 0 Å². The fourth-order valence-electron chi connectivity index (χ4n) is 3.27. The number of rotatable bonds is 6. The van der Waals surface area contributed by atoms with Gasteiger partial charge in [0.2, 0.25) is 5.91 Å². The van der Waals surface area contributed by atoms with Crippen molar-refractivity contribution < 1.29 is 9.72 Å². The van der Waals surface area contributed by atoms with Crippen LogP contribution in [0.4, 0.5) is 11.4 Å². The van der Waals surface area contributed by atoms with E-state index in [1.165, 1.54) is 22.8 Å². The van der Waals surface area contributed by atoms with E-state index < -0.39 is 10.2 Å². The van der Waals surface area contributed by atoms with Crippen molar-refractivity contribution in [3.63, 3.8) is 0 Å². The van der Waals surface area contributed by atoms with Crippen LogP contribution >= 0.6 is 11.8 Å². The number of nitro benzene ring substituents is 1. The van der Waals surface area contributed by atoms with E-state index in [2.05, 4.69) is 10.3 Å². The van der Waals surface area contributed by atoms with Crippen LogP contribution in [0.1, 0.15) is 12.5 Å². The molecule has 1 heterocycles. The number of nitrogens with zero attached hydrogens (tertiary/aromatic N) is 3. The van der Waals surface area contributed by atoms with E-state index in [1.807, 2.05) is 31.2 Å². The van der Waals surface area contributed by atoms with Crippen molar-refractivity contribution in [3.8, 4) is 5.69 Å². The summed E-state index contributed by atoms with van der Waals surface area (Å²) in [4.78, 5) is 41.3. The van der Waals surface area contributed by atoms with Crippen LogP contribution in [0.25, 0.3) is 16.6 Å². The highest BCUT2D eigenvalue weighted by molar-refractivity contribution is 8.00. The lowest BCUT2D eigenvalue weighted by atomic mass is 10.2. The smallest absolute Gasteiger partial charge is 0.271 e. The monoisotopic (exact) mass is 460 g/mol. The largest absolute Gasteiger partial charge is 0.325 e. The Kier molecular flexibility index (Phi) is 6.23. The van der Waals surface area contributed by atoms with Gasteiger partial charge in [-0.05, 0) is 44.2 Å². The van der Waals surface area contributed by atoms with Gasteiger partial charge < -0.3 is 5.32 Å². The molecule has 4 rings (SSSR count). The Morgan fingerprint density at radius 1 is 1.09 bits per heavy atom. The molecule has 0 aliphatic rings. The molecule has 4 aromatic rings. The first-order chi connectivity index (χ1) is 15.8. The van der Waals surface area contributed by atoms with Crippen molar-refractivity contribution in [3.05, 3.63) is 98.8 Å². The van der Waals surface area contributed by atoms with Crippen LogP contribution in [0.2, 0.25) is 0 Å². The van der Waals surface area contributed by atoms with E-state index in [4.69, 9.17) is 0 Å². The Balaban J connectivity index is 1.68. The van der Waals surface area contributed by atoms with Gasteiger partial charge in [0.1, 0.15) is 0 Å². The quantitative estimate of drug-likeness (QED) is 0.193. The van der Waals surface area contributed by atoms with Crippen molar-refractivity contribution in [2.24, 2.45) is 0 Å². The lowest BCUT2D eigenvalue weighted by Crippen LogP contribution is -2.26. The highest BCUT2D eigenvalue weighted by Gasteiger charge is 2.21. The third-order valence-corrected chi connectivity index (χ3v) is 6.07. The fraction of sp³-hybridized carbons (Fsp3) is 0.125. The molecule has 33 heavy (non-hydrogen) atoms. The van der Waals surface area contributed by atoms with Gasteiger partial charge in [0.05, 0.1) is 26.8 Å². The SMILES string of the molecule is Cc1ccc(-n2c(S[C@H](C)C(=O)Nc3cccc([N+](=O)[O-])c3)nc3ccccc3c2=O)cc1. The van der Waals surface area contributed by atoms with E-state index in [0.717, 1.165) is 17.3 Å². The molecule has 9 heteroatoms. The number of fused-ring (bicyclic) bond motifs is 1. The van der Waals surface area contributed by atoms with Crippen LogP contribution in [-0.2, 0) is 4.79 Å². The summed E-state index contributed by atoms with van der Waals surface area (Å²) in [6.45, 7) is 3.65. The molecule has 0 aliphatic carbocycles. The summed E-state index contributed by atoms with van der Waals surface area (Å²) in [7, 11) is 0. The fourth-order valence-corrected chi connectivity index (χ4v) is 4.19. The van der Waals surface area contributed by atoms with Crippen LogP contribution < -0.4 is 10.9 Å². The van der Waals surface area contributed by atoms with Gasteiger partial charge in [-0.2, -0.15) is 0 Å². The average Bonchev–Trinajstić information content (AvgIpc) is 2.80. The highest BCUT2D eigenvalue weighted by atomic mass is 32.2. The molecule has 166 valence electrons. The average molecular weight is 461 g/mol. The second kappa shape index (κ2) is 9.25. The number of benzene rings is 3. The first-order valence-corrected chi connectivity index (χ1v) is 11.0. The Morgan fingerprint density at radius 2 is 1.82 bits per heavy atom. The topological polar surface area (TPSA) is 107 Å². The van der Waals surface area contributed by atoms with E-state index in [0.29, 0.717) is 27.4 Å². The molecule has 8 nitrogen and oxygen atoms in total. The summed E-state index contributed by atoms with van der Waals surface area (Å²) in [6.07, 6.45) is 0. The van der Waals surface area contributed by atoms with Crippen LogP contribution in [0.5, 0.6) is 0 Å². The molecule has 1 atom stereocenters. The Bertz CT molecular complexity index is 1420. The number of thioether (sulfide) groups is 1. The number of aromatic nitrogens is 2. The zero-order valence-electron chi connectivity index (χ0n) is 17.9. The Labute approximate surface area is 193 Å². The summed E-state index contributed by atoms with van der Waals surface area (Å²) in [5.41, 5.74) is 2.23. The van der Waals surface area contributed by atoms with Crippen molar-refractivity contribution in [1.82, 2.24) is 9.55 Å². The molecule has 0 saturated carbocycles. The molecule has 3 aromatic carbocycles. The molecular formula is C24H20N4O4S. The van der Waals surface area contributed by atoms with Crippen molar-refractivity contribution in [2.75, 3.05) is 5.32 Å². The van der Waals surface area contributed by atoms with Gasteiger partial charge in [-0.15, -0.1) is 0 Å². The minimum Gasteiger partial charge on any atom is -0.325 e. The molecule has 0 bridgehead atoms. The molecule has 0 radical (unpaired) electrons. The zero-order chi connectivity index (χ0) is 23.5. The maximum atomic E-state index is 13.3. The van der Waals surface area contributed by atoms with Crippen LogP contribution in [-0.4, -0.2) is 25.6 Å². The molecule has 0 fully saturated rings. The number of para-hydroxylation sites is 1. The van der Waals surface area contributed by atoms with Gasteiger partial charge in [0.15, 0.2) is 5.16 Å². The predicted octanol–water partition coefficient (Wildman–Crippen LogP) is 4.72. The Morgan fingerprint density at radius 3 is 2.55 bits per heavy atom. The molecular weight excluding hydrogens is 440 g/mol. The van der Waals surface area contributed by atoms with Gasteiger partial charge >= 0.3 is 0 Å². The highest BCUT2D eigenvalue weighted by Crippen LogP contribution is 2.26. The zero-order valence-corrected chi connectivity index (χ0v) is 18.7. The van der Waals surface area contributed by atoms with Gasteiger partial charge in [-0.3, -0.25) is 24.3 Å². The van der Waals surface area contributed by atoms with Gasteiger partial charge in [-0.1, -0.05) is 47.7 Å². The van der Waals surface area contributed by atoms with E-state index >= 15 is 0 Å². The minimum absolute atomic E-state index is 0.113. The number of hydrogen-bond donors (Lipinski definition) is 1. The number of amides is 1. The number of carbonyl (C=O) groups is 1. The summed E-state index contributed by atoms with van der Waals surface area (Å²) >= 11 is 1.14. The van der Waals surface area contributed by atoms with Crippen LogP contribution in [0.15, 0.2) is 82.7 Å². The van der Waals surface area contributed by atoms with Gasteiger partial charge in [0.25, 0.3) is 11.2 Å². The third kappa shape index (κ3) is 4.78. The molecule has 0 saturated heterocycles. The van der Waals surface area contributed by atoms with E-state index in [1.54, 1.807) is 37.3 Å². The number of anilines is 1. The van der Waals surface area contributed by atoms with Crippen molar-refractivity contribution in [2.45, 2.75) is 24.3 Å². The minimum atomic E-state index is -0.631. The first kappa shape index (κ1) is 22.2. The molecule has 1 amide bonds. The molecule has 0 spiro atoms. The van der Waals surface area contributed by atoms with Crippen LogP contribution in [0, 0.1) is 17.0 Å². The lowest BCUT2D eigenvalue weighted by Gasteiger charge is -2.16. The van der Waals surface area contributed by atoms with Crippen molar-refractivity contribution in [1.29, 1.82) is 0 Å². The maximum absolute atomic E-state index is 13.3. The number of non-ortho nitro benzene ring substituents is 1. The summed E-state index contributed by atoms with van der Waals surface area (Å²) in [6, 6.07) is 20.3. The Hall–Kier alpha value is -3.98. The lowest BCUT2D eigenvalue weighted by molar-refractivity contribution is -0.384. The summed E-state index contributed by atoms with van der Waals surface area (Å²) < 4.78 is 1.50. The number of carbonyl (C=O) groups excluding carboxylic acids is 1. The molecule has 1 N–H and O–H groups in total. The predicted molar refractivity (Wildman–Crippen MR) is 129 cm³/mol. The number of hydrogen-bond acceptors (Lipinski definition) is 6.